The molecule has 3 aliphatic rings. The number of fused-ring (bicyclic) bond motifs is 3. The van der Waals surface area contributed by atoms with E-state index in [2.05, 4.69) is 58.1 Å². The van der Waals surface area contributed by atoms with Crippen molar-refractivity contribution in [2.24, 2.45) is 7.05 Å². The number of aryl methyl sites for hydroxylation is 1. The van der Waals surface area contributed by atoms with Crippen LogP contribution in [0.5, 0.6) is 0 Å². The predicted octanol–water partition coefficient (Wildman–Crippen LogP) is -3.41. The third-order valence-electron chi connectivity index (χ3n) is 12.1. The second kappa shape index (κ2) is 22.3. The van der Waals surface area contributed by atoms with Crippen LogP contribution in [0.1, 0.15) is 22.8 Å². The van der Waals surface area contributed by atoms with Crippen LogP contribution in [-0.2, 0) is 80.1 Å². The maximum atomic E-state index is 13.8. The van der Waals surface area contributed by atoms with Gasteiger partial charge in [0.2, 0.25) is 17.7 Å². The molecule has 0 radical (unpaired) electrons. The number of imidazole rings is 3. The minimum Gasteiger partial charge on any atom is -0.387 e. The van der Waals surface area contributed by atoms with Gasteiger partial charge in [-0.15, -0.1) is 0 Å². The smallest absolute Gasteiger partial charge is 0.387 e. The number of aromatic nitrogens is 12. The Morgan fingerprint density at radius 2 is 1.32 bits per heavy atom. The van der Waals surface area contributed by atoms with Gasteiger partial charge >= 0.3 is 44.5 Å². The predicted molar refractivity (Wildman–Crippen MR) is 259 cm³/mol. The number of hydrogen-bond donors (Lipinski definition) is 13. The molecular weight excluding hydrogens is 1190 g/mol. The molecule has 17 atom stereocenters. The highest BCUT2D eigenvalue weighted by Gasteiger charge is 2.55. The fourth-order valence-corrected chi connectivity index (χ4v) is 15.5. The number of ether oxygens (including phenoxy) is 5. The van der Waals surface area contributed by atoms with E-state index in [0.717, 1.165) is 42.3 Å². The summed E-state index contributed by atoms with van der Waals surface area (Å²) in [6, 6.07) is 0. The van der Waals surface area contributed by atoms with Crippen LogP contribution in [-0.4, -0.2) is 189 Å². The van der Waals surface area contributed by atoms with Crippen LogP contribution < -0.4 is 32.5 Å². The normalized spacial score (nSPS) is 30.8. The van der Waals surface area contributed by atoms with Gasteiger partial charge in [-0.1, -0.05) is 4.98 Å². The highest BCUT2D eigenvalue weighted by Crippen LogP contribution is 2.72. The summed E-state index contributed by atoms with van der Waals surface area (Å²) in [4.78, 5) is 107. The topological polar surface area (TPSA) is 575 Å². The zero-order valence-electron chi connectivity index (χ0n) is 43.6. The van der Waals surface area contributed by atoms with E-state index < -0.39 is 150 Å². The Morgan fingerprint density at radius 1 is 0.713 bits per heavy atom. The average molecular weight is 1240 g/mol. The largest absolute Gasteiger partial charge is 0.490 e. The lowest BCUT2D eigenvalue weighted by Crippen LogP contribution is -2.46. The summed E-state index contributed by atoms with van der Waals surface area (Å²) in [5.41, 5.74) is 8.93. The maximum absolute atomic E-state index is 13.8. The number of aliphatic hydroxyl groups is 3. The van der Waals surface area contributed by atoms with Gasteiger partial charge in [-0.2, -0.15) is 13.6 Å². The van der Waals surface area contributed by atoms with Crippen molar-refractivity contribution in [2.45, 2.75) is 73.6 Å². The zero-order valence-corrected chi connectivity index (χ0v) is 45.1. The quantitative estimate of drug-likeness (QED) is 0.0233. The summed E-state index contributed by atoms with van der Waals surface area (Å²) in [5, 5.41) is 35.0. The van der Waals surface area contributed by atoms with E-state index in [4.69, 9.17) is 52.8 Å². The van der Waals surface area contributed by atoms with E-state index in [1.807, 2.05) is 0 Å². The summed E-state index contributed by atoms with van der Waals surface area (Å²) in [7, 11) is -26.9. The van der Waals surface area contributed by atoms with E-state index in [1.54, 1.807) is 0 Å². The van der Waals surface area contributed by atoms with Crippen molar-refractivity contribution in [2.75, 3.05) is 57.4 Å². The van der Waals surface area contributed by atoms with Crippen molar-refractivity contribution in [3.63, 3.8) is 0 Å². The van der Waals surface area contributed by atoms with Crippen molar-refractivity contribution in [3.05, 3.63) is 46.0 Å². The molecule has 0 aromatic carbocycles. The first-order chi connectivity index (χ1) is 38.6. The van der Waals surface area contributed by atoms with E-state index in [9.17, 15) is 72.2 Å². The molecule has 0 aliphatic carbocycles. The first kappa shape index (κ1) is 55.6. The van der Waals surface area contributed by atoms with Crippen molar-refractivity contribution >= 4 is 90.1 Å². The Bertz CT molecular complexity index is 3820. The molecule has 0 bridgehead atoms. The lowest BCUT2D eigenvalue weighted by molar-refractivity contribution is -0.745. The number of nitrogens with zero attached hydrogens (tertiary/aromatic N) is 10. The van der Waals surface area contributed by atoms with Gasteiger partial charge in [-0.05, 0) is 0 Å². The molecule has 8 unspecified atom stereocenters. The van der Waals surface area contributed by atoms with Gasteiger partial charge in [0.05, 0.1) is 39.1 Å². The third-order valence-corrected chi connectivity index (χ3v) is 19.6. The van der Waals surface area contributed by atoms with E-state index >= 15 is 0 Å². The SMILES string of the molecule is [2H]C([2H])([2H])Nc1ncnc2c1ncn2[C@@H]1O[C@H](CP(=O)(O)OP(=O)(O)OP(=O)(O)OP(=O)(O)OC[C@H]2O[C@@H]([n+]3cn(C)c4c(=O)[nH]c(N)nc43)C(O)[C@H]2OC)C(OP(=O)(O)OC[C@H]2O[C@@H](n3cnc4c(=O)[nH]c(N)nc43)[C@@H](O)C2O)[C@@H]1OC. The number of nitrogen functional groups attached to an aromatic ring is 2. The number of nitrogens with one attached hydrogen (secondary N) is 3. The van der Waals surface area contributed by atoms with Crippen LogP contribution in [0.2, 0.25) is 0 Å². The molecule has 6 aromatic heterocycles. The third kappa shape index (κ3) is 12.1. The number of H-pyrrole nitrogens is 2. The average Bonchev–Trinajstić information content (AvgIpc) is 2.27. The Kier molecular flexibility index (Phi) is 15.5. The molecule has 3 saturated heterocycles. The second-order valence-electron chi connectivity index (χ2n) is 17.4. The van der Waals surface area contributed by atoms with Crippen LogP contribution >= 0.6 is 38.9 Å². The van der Waals surface area contributed by atoms with Gasteiger partial charge in [0.1, 0.15) is 66.8 Å². The van der Waals surface area contributed by atoms with Gasteiger partial charge in [-0.25, -0.2) is 47.1 Å². The summed E-state index contributed by atoms with van der Waals surface area (Å²) in [5.74, 6) is -1.00. The molecule has 9 rings (SSSR count). The molecule has 3 aliphatic heterocycles. The highest BCUT2D eigenvalue weighted by molar-refractivity contribution is 7.70. The molecule has 80 heavy (non-hydrogen) atoms. The minimum atomic E-state index is -6.48. The minimum absolute atomic E-state index is 0.0166. The highest BCUT2D eigenvalue weighted by atomic mass is 31.3. The van der Waals surface area contributed by atoms with Crippen molar-refractivity contribution < 1.29 is 121 Å². The number of aromatic amines is 2. The fraction of sp³-hybridized carbons (Fsp3) is 0.559. The number of hydrogen-bond acceptors (Lipinski definition) is 30. The molecular formula is C34H49N15O26P5+. The van der Waals surface area contributed by atoms with E-state index in [0.29, 0.717) is 0 Å². The first-order valence-electron chi connectivity index (χ1n) is 23.8. The van der Waals surface area contributed by atoms with Gasteiger partial charge in [0.15, 0.2) is 41.4 Å². The van der Waals surface area contributed by atoms with Crippen molar-refractivity contribution in [1.29, 1.82) is 0 Å². The van der Waals surface area contributed by atoms with Gasteiger partial charge in [0, 0.05) is 25.3 Å². The second-order valence-corrected chi connectivity index (χ2v) is 25.4. The van der Waals surface area contributed by atoms with Gasteiger partial charge in [0.25, 0.3) is 17.1 Å². The van der Waals surface area contributed by atoms with E-state index in [1.165, 1.54) is 22.5 Å². The molecule has 0 spiro atoms. The number of anilines is 3. The molecule has 6 aromatic rings. The van der Waals surface area contributed by atoms with Crippen LogP contribution in [0.15, 0.2) is 34.9 Å². The number of rotatable bonds is 22. The standard InChI is InChI=1S/C34H48N15O26P5/c1-37-24-15-25(39-8-38-24)47(9-40-15)32-23(66-4)22(72-77(57,58)67-5-12-18(50)19(51)30(69-12)48-10-41-16-26(48)42-33(35)44-28(16)53)14(71-32)7-76(55,56)73-79(61,62)75-80(63,64)74-78(59,60)68-6-13-21(65-3)20(52)31(70-13)49-11-46(2)17-27(49)43-34(36)45-29(17)54/h8-14,18-23,30-32,50-52H,5-7H2,1-4H3,(H11-,35,36,37,38,39,42,43,44,45,53,54,55,56,57,58,59,60,61,62,63,64)/p+1/t12-,13-,14-,18?,19+,20?,21+,22?,23+,30-,31-,32-/m1/s1/i1D3. The molecule has 41 nitrogen and oxygen atoms in total. The maximum Gasteiger partial charge on any atom is 0.490 e. The molecule has 440 valence electrons. The fourth-order valence-electron chi connectivity index (χ4n) is 8.90. The Balaban J connectivity index is 0.895. The summed E-state index contributed by atoms with van der Waals surface area (Å²) < 4.78 is 150. The number of phosphoric acid groups is 4. The zero-order chi connectivity index (χ0) is 60.7. The summed E-state index contributed by atoms with van der Waals surface area (Å²) in [6.45, 7) is -5.00. The lowest BCUT2D eigenvalue weighted by Gasteiger charge is -2.26. The Morgan fingerprint density at radius 3 is 2.02 bits per heavy atom. The summed E-state index contributed by atoms with van der Waals surface area (Å²) in [6.07, 6.45) is -18.2. The number of phosphoric ester groups is 2. The molecule has 46 heteroatoms. The molecule has 0 amide bonds. The lowest BCUT2D eigenvalue weighted by atomic mass is 10.1. The van der Waals surface area contributed by atoms with Crippen LogP contribution in [0.25, 0.3) is 33.5 Å². The van der Waals surface area contributed by atoms with Crippen molar-refractivity contribution in [1.82, 2.24) is 53.6 Å². The van der Waals surface area contributed by atoms with Crippen LogP contribution in [0, 0.1) is 0 Å². The summed E-state index contributed by atoms with van der Waals surface area (Å²) >= 11 is 0. The first-order valence-corrected chi connectivity index (χ1v) is 30.1. The number of aliphatic hydroxyl groups excluding tert-OH is 3. The van der Waals surface area contributed by atoms with Crippen LogP contribution in [0.4, 0.5) is 17.7 Å². The number of methoxy groups -OCH3 is 2. The Labute approximate surface area is 448 Å². The van der Waals surface area contributed by atoms with E-state index in [-0.39, 0.29) is 51.2 Å². The molecule has 0 saturated carbocycles. The molecule has 9 heterocycles. The Hall–Kier alpha value is -4.96. The monoisotopic (exact) mass is 1240 g/mol. The molecule has 15 N–H and O–H groups in total. The number of nitrogens with two attached hydrogens (primary N) is 2. The van der Waals surface area contributed by atoms with Crippen LogP contribution in [0.3, 0.4) is 0 Å². The van der Waals surface area contributed by atoms with Crippen molar-refractivity contribution in [3.8, 4) is 0 Å². The van der Waals surface area contributed by atoms with Gasteiger partial charge in [-0.3, -0.25) is 51.4 Å². The van der Waals surface area contributed by atoms with Gasteiger partial charge < -0.3 is 80.3 Å². The molecule has 3 fully saturated rings.